The van der Waals surface area contributed by atoms with Gasteiger partial charge in [0, 0.05) is 49.8 Å². The molecule has 150 valence electrons. The van der Waals surface area contributed by atoms with Crippen LogP contribution >= 0.6 is 12.4 Å². The first kappa shape index (κ1) is 21.5. The van der Waals surface area contributed by atoms with E-state index in [0.29, 0.717) is 26.1 Å². The molecule has 2 amide bonds. The average Bonchev–Trinajstić information content (AvgIpc) is 3.19. The number of hydrogen-bond acceptors (Lipinski definition) is 4. The molecule has 2 unspecified atom stereocenters. The van der Waals surface area contributed by atoms with Gasteiger partial charge in [-0.1, -0.05) is 0 Å². The third-order valence-electron chi connectivity index (χ3n) is 4.72. The Labute approximate surface area is 160 Å². The molecule has 2 saturated heterocycles. The monoisotopic (exact) mass is 407 g/mol. The number of halogens is 4. The highest BCUT2D eigenvalue weighted by molar-refractivity contribution is 5.99. The highest BCUT2D eigenvalue weighted by Crippen LogP contribution is 2.34. The van der Waals surface area contributed by atoms with E-state index in [1.54, 1.807) is 0 Å². The number of nitrogens with one attached hydrogen (secondary N) is 2. The van der Waals surface area contributed by atoms with Crippen molar-refractivity contribution in [3.05, 3.63) is 29.3 Å². The van der Waals surface area contributed by atoms with E-state index in [1.807, 2.05) is 0 Å². The highest BCUT2D eigenvalue weighted by Gasteiger charge is 2.34. The summed E-state index contributed by atoms with van der Waals surface area (Å²) in [5.74, 6) is -1.11. The van der Waals surface area contributed by atoms with Crippen LogP contribution in [0.3, 0.4) is 0 Å². The molecule has 0 aliphatic carbocycles. The molecular weight excluding hydrogens is 387 g/mol. The minimum atomic E-state index is -4.63. The number of aliphatic hydroxyl groups excluding tert-OH is 1. The van der Waals surface area contributed by atoms with Gasteiger partial charge in [0.1, 0.15) is 0 Å². The van der Waals surface area contributed by atoms with E-state index in [0.717, 1.165) is 12.1 Å². The lowest BCUT2D eigenvalue weighted by atomic mass is 10.1. The normalized spacial score (nSPS) is 22.7. The first-order valence-corrected chi connectivity index (χ1v) is 8.45. The van der Waals surface area contributed by atoms with Crippen LogP contribution in [0.15, 0.2) is 18.2 Å². The Hall–Kier alpha value is -1.84. The van der Waals surface area contributed by atoms with E-state index in [-0.39, 0.29) is 48.4 Å². The molecule has 27 heavy (non-hydrogen) atoms. The van der Waals surface area contributed by atoms with Gasteiger partial charge in [-0.15, -0.1) is 12.4 Å². The number of anilines is 1. The van der Waals surface area contributed by atoms with Gasteiger partial charge in [-0.2, -0.15) is 13.2 Å². The number of amides is 2. The number of carbonyl (C=O) groups is 2. The summed E-state index contributed by atoms with van der Waals surface area (Å²) in [4.78, 5) is 25.5. The predicted molar refractivity (Wildman–Crippen MR) is 95.0 cm³/mol. The Kier molecular flexibility index (Phi) is 6.72. The van der Waals surface area contributed by atoms with Crippen molar-refractivity contribution in [1.82, 2.24) is 10.6 Å². The first-order chi connectivity index (χ1) is 12.3. The summed E-state index contributed by atoms with van der Waals surface area (Å²) in [5.41, 5.74) is -1.05. The highest BCUT2D eigenvalue weighted by atomic mass is 35.5. The van der Waals surface area contributed by atoms with Crippen molar-refractivity contribution in [3.8, 4) is 0 Å². The Balaban J connectivity index is 0.00000261. The van der Waals surface area contributed by atoms with Gasteiger partial charge in [0.25, 0.3) is 5.91 Å². The van der Waals surface area contributed by atoms with Crippen LogP contribution in [-0.4, -0.2) is 49.2 Å². The van der Waals surface area contributed by atoms with E-state index in [9.17, 15) is 27.9 Å². The SMILES string of the molecule is Cl.O=C(NCC1CNCC1O)c1cc(N2CCCC2=O)cc(C(F)(F)F)c1. The van der Waals surface area contributed by atoms with Crippen molar-refractivity contribution in [2.24, 2.45) is 5.92 Å². The number of alkyl halides is 3. The van der Waals surface area contributed by atoms with E-state index in [2.05, 4.69) is 10.6 Å². The molecule has 10 heteroatoms. The molecule has 2 aliphatic rings. The van der Waals surface area contributed by atoms with Crippen LogP contribution in [0, 0.1) is 5.92 Å². The second-order valence-corrected chi connectivity index (χ2v) is 6.61. The number of hydrogen-bond donors (Lipinski definition) is 3. The second kappa shape index (κ2) is 8.45. The van der Waals surface area contributed by atoms with Crippen molar-refractivity contribution in [2.75, 3.05) is 31.1 Å². The molecule has 0 bridgehead atoms. The van der Waals surface area contributed by atoms with Gasteiger partial charge < -0.3 is 20.6 Å². The van der Waals surface area contributed by atoms with Crippen LogP contribution in [-0.2, 0) is 11.0 Å². The molecule has 3 N–H and O–H groups in total. The second-order valence-electron chi connectivity index (χ2n) is 6.61. The van der Waals surface area contributed by atoms with Crippen LogP contribution < -0.4 is 15.5 Å². The van der Waals surface area contributed by atoms with Crippen molar-refractivity contribution in [3.63, 3.8) is 0 Å². The van der Waals surface area contributed by atoms with Gasteiger partial charge in [-0.05, 0) is 24.6 Å². The Morgan fingerprint density at radius 3 is 2.59 bits per heavy atom. The number of rotatable bonds is 4. The van der Waals surface area contributed by atoms with Crippen molar-refractivity contribution in [2.45, 2.75) is 25.1 Å². The van der Waals surface area contributed by atoms with Crippen molar-refractivity contribution >= 4 is 29.9 Å². The van der Waals surface area contributed by atoms with E-state index >= 15 is 0 Å². The summed E-state index contributed by atoms with van der Waals surface area (Å²) in [7, 11) is 0. The third-order valence-corrected chi connectivity index (χ3v) is 4.72. The third kappa shape index (κ3) is 4.91. The molecular formula is C17H21ClF3N3O3. The summed E-state index contributed by atoms with van der Waals surface area (Å²) >= 11 is 0. The van der Waals surface area contributed by atoms with Crippen molar-refractivity contribution in [1.29, 1.82) is 0 Å². The number of nitrogens with zero attached hydrogens (tertiary/aromatic N) is 1. The summed E-state index contributed by atoms with van der Waals surface area (Å²) in [6.45, 7) is 1.44. The van der Waals surface area contributed by atoms with E-state index in [1.165, 1.54) is 11.0 Å². The van der Waals surface area contributed by atoms with Crippen LogP contribution in [0.1, 0.15) is 28.8 Å². The lowest BCUT2D eigenvalue weighted by molar-refractivity contribution is -0.137. The molecule has 1 aromatic carbocycles. The summed E-state index contributed by atoms with van der Waals surface area (Å²) in [5, 5.41) is 15.3. The maximum atomic E-state index is 13.2. The fourth-order valence-corrected chi connectivity index (χ4v) is 3.24. The molecule has 2 aliphatic heterocycles. The summed E-state index contributed by atoms with van der Waals surface area (Å²) in [6.07, 6.45) is -4.37. The quantitative estimate of drug-likeness (QED) is 0.707. The van der Waals surface area contributed by atoms with Gasteiger partial charge in [0.05, 0.1) is 11.7 Å². The molecule has 2 atom stereocenters. The minimum absolute atomic E-state index is 0. The Morgan fingerprint density at radius 2 is 2.04 bits per heavy atom. The fraction of sp³-hybridized carbons (Fsp3) is 0.529. The molecule has 3 rings (SSSR count). The lowest BCUT2D eigenvalue weighted by Gasteiger charge is -2.20. The molecule has 2 fully saturated rings. The van der Waals surface area contributed by atoms with E-state index in [4.69, 9.17) is 0 Å². The molecule has 0 saturated carbocycles. The maximum absolute atomic E-state index is 13.2. The van der Waals surface area contributed by atoms with Gasteiger partial charge in [0.2, 0.25) is 5.91 Å². The number of β-amino-alcohol motifs (C(OH)–C–C–N with tert-alkyl or cyclic N) is 1. The molecule has 1 aromatic rings. The average molecular weight is 408 g/mol. The Bertz CT molecular complexity index is 714. The van der Waals surface area contributed by atoms with Gasteiger partial charge in [-0.3, -0.25) is 9.59 Å². The molecule has 6 nitrogen and oxygen atoms in total. The molecule has 2 heterocycles. The topological polar surface area (TPSA) is 81.7 Å². The maximum Gasteiger partial charge on any atom is 0.416 e. The number of benzene rings is 1. The standard InChI is InChI=1S/C17H20F3N3O3.ClH/c18-17(19,20)12-4-10(5-13(6-12)23-3-1-2-15(23)25)16(26)22-8-11-7-21-9-14(11)24;/h4-6,11,14,21,24H,1-3,7-9H2,(H,22,26);1H. The minimum Gasteiger partial charge on any atom is -0.391 e. The largest absolute Gasteiger partial charge is 0.416 e. The summed E-state index contributed by atoms with van der Waals surface area (Å²) < 4.78 is 39.6. The van der Waals surface area contributed by atoms with Crippen LogP contribution in [0.5, 0.6) is 0 Å². The van der Waals surface area contributed by atoms with Crippen molar-refractivity contribution < 1.29 is 27.9 Å². The first-order valence-electron chi connectivity index (χ1n) is 8.45. The van der Waals surface area contributed by atoms with Gasteiger partial charge in [0.15, 0.2) is 0 Å². The molecule has 0 spiro atoms. The smallest absolute Gasteiger partial charge is 0.391 e. The lowest BCUT2D eigenvalue weighted by Crippen LogP contribution is -2.34. The van der Waals surface area contributed by atoms with E-state index < -0.39 is 23.8 Å². The zero-order chi connectivity index (χ0) is 18.9. The molecule has 0 radical (unpaired) electrons. The predicted octanol–water partition coefficient (Wildman–Crippen LogP) is 1.56. The zero-order valence-corrected chi connectivity index (χ0v) is 15.2. The van der Waals surface area contributed by atoms with Crippen LogP contribution in [0.25, 0.3) is 0 Å². The van der Waals surface area contributed by atoms with Gasteiger partial charge in [-0.25, -0.2) is 0 Å². The summed E-state index contributed by atoms with van der Waals surface area (Å²) in [6, 6.07) is 2.98. The van der Waals surface area contributed by atoms with Crippen LogP contribution in [0.2, 0.25) is 0 Å². The van der Waals surface area contributed by atoms with Gasteiger partial charge >= 0.3 is 6.18 Å². The fourth-order valence-electron chi connectivity index (χ4n) is 3.24. The molecule has 0 aromatic heterocycles. The zero-order valence-electron chi connectivity index (χ0n) is 14.4. The number of carbonyl (C=O) groups excluding carboxylic acids is 2. The van der Waals surface area contributed by atoms with Crippen LogP contribution in [0.4, 0.5) is 18.9 Å². The number of aliphatic hydroxyl groups is 1. The Morgan fingerprint density at radius 1 is 1.30 bits per heavy atom.